The van der Waals surface area contributed by atoms with Crippen LogP contribution in [0.5, 0.6) is 0 Å². The molecule has 0 unspecified atom stereocenters. The molecule has 0 saturated heterocycles. The summed E-state index contributed by atoms with van der Waals surface area (Å²) in [7, 11) is 0. The molecule has 3 N–H and O–H groups in total. The highest BCUT2D eigenvalue weighted by atomic mass is 79.9. The lowest BCUT2D eigenvalue weighted by Gasteiger charge is -2.10. The first-order valence-corrected chi connectivity index (χ1v) is 6.18. The van der Waals surface area contributed by atoms with Gasteiger partial charge < -0.3 is 15.7 Å². The fourth-order valence-corrected chi connectivity index (χ4v) is 1.63. The molecule has 1 rings (SSSR count). The smallest absolute Gasteiger partial charge is 0.145 e. The highest BCUT2D eigenvalue weighted by molar-refractivity contribution is 9.10. The van der Waals surface area contributed by atoms with Gasteiger partial charge in [-0.2, -0.15) is 0 Å². The molecule has 0 amide bonds. The highest BCUT2D eigenvalue weighted by Gasteiger charge is 2.06. The molecule has 0 radical (unpaired) electrons. The van der Waals surface area contributed by atoms with Crippen LogP contribution in [0.3, 0.4) is 0 Å². The fraction of sp³-hybridized carbons (Fsp3) is 0.600. The van der Waals surface area contributed by atoms with E-state index in [1.54, 1.807) is 0 Å². The van der Waals surface area contributed by atoms with Crippen LogP contribution in [0.15, 0.2) is 10.8 Å². The maximum Gasteiger partial charge on any atom is 0.145 e. The van der Waals surface area contributed by atoms with Crippen LogP contribution in [-0.4, -0.2) is 34.8 Å². The summed E-state index contributed by atoms with van der Waals surface area (Å²) < 4.78 is 0.835. The number of halogens is 1. The Morgan fingerprint density at radius 2 is 1.88 bits per heavy atom. The average molecular weight is 289 g/mol. The molecule has 1 aromatic heterocycles. The van der Waals surface area contributed by atoms with Crippen molar-refractivity contribution in [3.8, 4) is 0 Å². The molecular formula is C10H17BrN4O. The number of hydrogen-bond acceptors (Lipinski definition) is 5. The van der Waals surface area contributed by atoms with E-state index in [2.05, 4.69) is 43.5 Å². The van der Waals surface area contributed by atoms with E-state index in [9.17, 15) is 0 Å². The summed E-state index contributed by atoms with van der Waals surface area (Å²) in [6.07, 6.45) is 3.27. The Morgan fingerprint density at radius 3 is 2.44 bits per heavy atom. The first-order chi connectivity index (χ1) is 7.79. The lowest BCUT2D eigenvalue weighted by molar-refractivity contribution is 0.292. The summed E-state index contributed by atoms with van der Waals surface area (Å²) in [6, 6.07) is 0. The molecule has 0 atom stereocenters. The third-order valence-electron chi connectivity index (χ3n) is 1.96. The van der Waals surface area contributed by atoms with Gasteiger partial charge in [0.1, 0.15) is 22.4 Å². The summed E-state index contributed by atoms with van der Waals surface area (Å²) in [6.45, 7) is 3.85. The van der Waals surface area contributed by atoms with E-state index in [1.807, 2.05) is 0 Å². The standard InChI is InChI=1S/C10H17BrN4O/c1-2-4-12-9-8(11)10(15-7-14-9)13-5-3-6-16/h7,16H,2-6H2,1H3,(H2,12,13,14,15). The van der Waals surface area contributed by atoms with Crippen LogP contribution in [0.2, 0.25) is 0 Å². The largest absolute Gasteiger partial charge is 0.396 e. The molecule has 1 aromatic rings. The Morgan fingerprint density at radius 1 is 1.25 bits per heavy atom. The van der Waals surface area contributed by atoms with Gasteiger partial charge in [-0.3, -0.25) is 0 Å². The van der Waals surface area contributed by atoms with Gasteiger partial charge in [-0.15, -0.1) is 0 Å². The van der Waals surface area contributed by atoms with E-state index >= 15 is 0 Å². The van der Waals surface area contributed by atoms with Crippen molar-refractivity contribution in [3.63, 3.8) is 0 Å². The zero-order chi connectivity index (χ0) is 11.8. The van der Waals surface area contributed by atoms with Crippen molar-refractivity contribution in [2.24, 2.45) is 0 Å². The Hall–Kier alpha value is -0.880. The molecule has 5 nitrogen and oxygen atoms in total. The predicted molar refractivity (Wildman–Crippen MR) is 68.7 cm³/mol. The Labute approximate surface area is 104 Å². The second-order valence-electron chi connectivity index (χ2n) is 3.32. The monoisotopic (exact) mass is 288 g/mol. The average Bonchev–Trinajstić information content (AvgIpc) is 2.30. The van der Waals surface area contributed by atoms with Crippen molar-refractivity contribution >= 4 is 27.6 Å². The van der Waals surface area contributed by atoms with E-state index in [-0.39, 0.29) is 6.61 Å². The summed E-state index contributed by atoms with van der Waals surface area (Å²) in [5.41, 5.74) is 0. The minimum absolute atomic E-state index is 0.177. The van der Waals surface area contributed by atoms with Crippen LogP contribution >= 0.6 is 15.9 Å². The number of aromatic nitrogens is 2. The first-order valence-electron chi connectivity index (χ1n) is 5.38. The Balaban J connectivity index is 2.62. The van der Waals surface area contributed by atoms with Crippen molar-refractivity contribution in [2.45, 2.75) is 19.8 Å². The van der Waals surface area contributed by atoms with Crippen molar-refractivity contribution in [1.82, 2.24) is 9.97 Å². The molecule has 0 aliphatic rings. The van der Waals surface area contributed by atoms with Crippen molar-refractivity contribution in [2.75, 3.05) is 30.3 Å². The lowest BCUT2D eigenvalue weighted by Crippen LogP contribution is -2.09. The van der Waals surface area contributed by atoms with Gasteiger partial charge in [0.05, 0.1) is 0 Å². The van der Waals surface area contributed by atoms with Gasteiger partial charge in [-0.05, 0) is 28.8 Å². The van der Waals surface area contributed by atoms with Crippen molar-refractivity contribution < 1.29 is 5.11 Å². The van der Waals surface area contributed by atoms with Gasteiger partial charge in [-0.25, -0.2) is 9.97 Å². The zero-order valence-electron chi connectivity index (χ0n) is 9.33. The predicted octanol–water partition coefficient (Wildman–Crippen LogP) is 1.86. The first kappa shape index (κ1) is 13.2. The lowest BCUT2D eigenvalue weighted by atomic mass is 10.4. The molecule has 0 fully saturated rings. The number of nitrogens with zero attached hydrogens (tertiary/aromatic N) is 2. The number of hydrogen-bond donors (Lipinski definition) is 3. The molecule has 0 bridgehead atoms. The quantitative estimate of drug-likeness (QED) is 0.668. The molecule has 1 heterocycles. The van der Waals surface area contributed by atoms with Crippen LogP contribution in [0.4, 0.5) is 11.6 Å². The van der Waals surface area contributed by atoms with Gasteiger partial charge in [0.15, 0.2) is 0 Å². The van der Waals surface area contributed by atoms with Crippen LogP contribution < -0.4 is 10.6 Å². The summed E-state index contributed by atoms with van der Waals surface area (Å²) in [5.74, 6) is 1.55. The van der Waals surface area contributed by atoms with Gasteiger partial charge in [-0.1, -0.05) is 6.92 Å². The molecule has 6 heteroatoms. The second-order valence-corrected chi connectivity index (χ2v) is 4.11. The summed E-state index contributed by atoms with van der Waals surface area (Å²) in [4.78, 5) is 8.27. The number of nitrogens with one attached hydrogen (secondary N) is 2. The maximum atomic E-state index is 8.69. The number of aliphatic hydroxyl groups is 1. The summed E-state index contributed by atoms with van der Waals surface area (Å²) in [5, 5.41) is 15.0. The fourth-order valence-electron chi connectivity index (χ4n) is 1.15. The van der Waals surface area contributed by atoms with E-state index in [0.29, 0.717) is 13.0 Å². The molecular weight excluding hydrogens is 272 g/mol. The molecule has 16 heavy (non-hydrogen) atoms. The number of rotatable bonds is 7. The maximum absolute atomic E-state index is 8.69. The van der Waals surface area contributed by atoms with Crippen molar-refractivity contribution in [1.29, 1.82) is 0 Å². The van der Waals surface area contributed by atoms with Crippen LogP contribution in [0.25, 0.3) is 0 Å². The number of aliphatic hydroxyl groups excluding tert-OH is 1. The number of anilines is 2. The SMILES string of the molecule is CCCNc1ncnc(NCCCO)c1Br. The Kier molecular flexibility index (Phi) is 6.10. The van der Waals surface area contributed by atoms with Gasteiger partial charge >= 0.3 is 0 Å². The highest BCUT2D eigenvalue weighted by Crippen LogP contribution is 2.26. The Bertz CT molecular complexity index is 322. The van der Waals surface area contributed by atoms with Crippen LogP contribution in [-0.2, 0) is 0 Å². The molecule has 0 aliphatic heterocycles. The van der Waals surface area contributed by atoms with Crippen molar-refractivity contribution in [3.05, 3.63) is 10.8 Å². The third-order valence-corrected chi connectivity index (χ3v) is 2.71. The topological polar surface area (TPSA) is 70.1 Å². The van der Waals surface area contributed by atoms with Gasteiger partial charge in [0, 0.05) is 19.7 Å². The minimum atomic E-state index is 0.177. The molecule has 0 aromatic carbocycles. The third kappa shape index (κ3) is 3.94. The van der Waals surface area contributed by atoms with E-state index in [1.165, 1.54) is 6.33 Å². The normalized spacial score (nSPS) is 10.2. The molecule has 0 aliphatic carbocycles. The second kappa shape index (κ2) is 7.40. The summed E-state index contributed by atoms with van der Waals surface area (Å²) >= 11 is 3.45. The zero-order valence-corrected chi connectivity index (χ0v) is 10.9. The van der Waals surface area contributed by atoms with E-state index in [4.69, 9.17) is 5.11 Å². The van der Waals surface area contributed by atoms with E-state index < -0.39 is 0 Å². The minimum Gasteiger partial charge on any atom is -0.396 e. The molecule has 90 valence electrons. The molecule has 0 saturated carbocycles. The van der Waals surface area contributed by atoms with E-state index in [0.717, 1.165) is 29.1 Å². The molecule has 0 spiro atoms. The van der Waals surface area contributed by atoms with Crippen LogP contribution in [0.1, 0.15) is 19.8 Å². The van der Waals surface area contributed by atoms with Crippen LogP contribution in [0, 0.1) is 0 Å². The van der Waals surface area contributed by atoms with Gasteiger partial charge in [0.2, 0.25) is 0 Å². The van der Waals surface area contributed by atoms with Gasteiger partial charge in [0.25, 0.3) is 0 Å².